The maximum absolute atomic E-state index is 9.59. The van der Waals surface area contributed by atoms with E-state index in [1.165, 1.54) is 122 Å². The van der Waals surface area contributed by atoms with E-state index < -0.39 is 8.56 Å². The van der Waals surface area contributed by atoms with Gasteiger partial charge in [0.15, 0.2) is 0 Å². The summed E-state index contributed by atoms with van der Waals surface area (Å²) in [6.45, 7) is 6.71. The van der Waals surface area contributed by atoms with Crippen LogP contribution in [-0.2, 0) is 4.43 Å². The van der Waals surface area contributed by atoms with Crippen LogP contribution in [0.2, 0.25) is 13.1 Å². The van der Waals surface area contributed by atoms with Crippen molar-refractivity contribution in [3.05, 3.63) is 0 Å². The van der Waals surface area contributed by atoms with E-state index in [2.05, 4.69) is 6.92 Å². The van der Waals surface area contributed by atoms with E-state index in [0.29, 0.717) is 0 Å². The molecule has 3 heteroatoms. The van der Waals surface area contributed by atoms with Gasteiger partial charge in [-0.15, -0.1) is 0 Å². The first kappa shape index (κ1) is 27.1. The number of hydrogen-bond acceptors (Lipinski definition) is 2. The Labute approximate surface area is 173 Å². The number of unbranched alkanes of at least 4 members (excludes halogenated alkanes) is 19. The molecule has 164 valence electrons. The summed E-state index contributed by atoms with van der Waals surface area (Å²) in [5.74, 6) is 0. The molecule has 0 aliphatic carbocycles. The third-order valence-electron chi connectivity index (χ3n) is 5.45. The molecule has 0 heterocycles. The highest BCUT2D eigenvalue weighted by atomic mass is 28.4. The Morgan fingerprint density at radius 2 is 0.741 bits per heavy atom. The minimum absolute atomic E-state index is 0.745. The van der Waals surface area contributed by atoms with Crippen molar-refractivity contribution in [3.63, 3.8) is 0 Å². The molecule has 0 bridgehead atoms. The Hall–Kier alpha value is 0.137. The van der Waals surface area contributed by atoms with Gasteiger partial charge in [-0.1, -0.05) is 129 Å². The summed E-state index contributed by atoms with van der Waals surface area (Å²) >= 11 is 0. The van der Waals surface area contributed by atoms with E-state index in [1.54, 1.807) is 0 Å². The van der Waals surface area contributed by atoms with Gasteiger partial charge in [-0.3, -0.25) is 0 Å². The predicted molar refractivity (Wildman–Crippen MR) is 124 cm³/mol. The SMILES string of the molecule is CCCCCCCCCCCCCCCCCCCCCCO[Si](C)(C)O. The minimum Gasteiger partial charge on any atom is -0.411 e. The fourth-order valence-electron chi connectivity index (χ4n) is 3.68. The smallest absolute Gasteiger partial charge is 0.329 e. The highest BCUT2D eigenvalue weighted by Crippen LogP contribution is 2.15. The molecule has 0 aliphatic heterocycles. The van der Waals surface area contributed by atoms with Gasteiger partial charge >= 0.3 is 8.56 Å². The highest BCUT2D eigenvalue weighted by molar-refractivity contribution is 6.63. The standard InChI is InChI=1S/C24H52O2Si/c1-4-5-6-7-8-9-10-11-12-13-14-15-16-17-18-19-20-21-22-23-24-26-27(2,3)25/h25H,4-24H2,1-3H3. The van der Waals surface area contributed by atoms with E-state index in [-0.39, 0.29) is 0 Å². The lowest BCUT2D eigenvalue weighted by molar-refractivity contribution is 0.234. The third kappa shape index (κ3) is 26.1. The van der Waals surface area contributed by atoms with Crippen molar-refractivity contribution < 1.29 is 9.22 Å². The van der Waals surface area contributed by atoms with Crippen molar-refractivity contribution in [2.24, 2.45) is 0 Å². The monoisotopic (exact) mass is 400 g/mol. The normalized spacial score (nSPS) is 12.0. The van der Waals surface area contributed by atoms with Crippen molar-refractivity contribution >= 4 is 8.56 Å². The molecule has 0 unspecified atom stereocenters. The Kier molecular flexibility index (Phi) is 21.0. The summed E-state index contributed by atoms with van der Waals surface area (Å²) in [6.07, 6.45) is 28.2. The van der Waals surface area contributed by atoms with Gasteiger partial charge in [-0.05, 0) is 19.5 Å². The van der Waals surface area contributed by atoms with Crippen LogP contribution < -0.4 is 0 Å². The van der Waals surface area contributed by atoms with Crippen LogP contribution in [0.25, 0.3) is 0 Å². The van der Waals surface area contributed by atoms with E-state index >= 15 is 0 Å². The summed E-state index contributed by atoms with van der Waals surface area (Å²) < 4.78 is 5.46. The second-order valence-corrected chi connectivity index (χ2v) is 12.2. The van der Waals surface area contributed by atoms with Gasteiger partial charge in [0, 0.05) is 6.61 Å². The van der Waals surface area contributed by atoms with Crippen molar-refractivity contribution in [2.45, 2.75) is 148 Å². The van der Waals surface area contributed by atoms with Gasteiger partial charge in [0.2, 0.25) is 0 Å². The van der Waals surface area contributed by atoms with Crippen LogP contribution in [0, 0.1) is 0 Å². The molecule has 0 spiro atoms. The maximum Gasteiger partial charge on any atom is 0.329 e. The fraction of sp³-hybridized carbons (Fsp3) is 1.00. The van der Waals surface area contributed by atoms with Crippen LogP contribution in [-0.4, -0.2) is 20.0 Å². The fourth-order valence-corrected chi connectivity index (χ4v) is 4.32. The van der Waals surface area contributed by atoms with Crippen LogP contribution in [0.15, 0.2) is 0 Å². The van der Waals surface area contributed by atoms with Crippen molar-refractivity contribution in [3.8, 4) is 0 Å². The molecule has 27 heavy (non-hydrogen) atoms. The second-order valence-electron chi connectivity index (χ2n) is 9.01. The summed E-state index contributed by atoms with van der Waals surface area (Å²) in [7, 11) is -2.27. The molecule has 0 amide bonds. The molecule has 0 saturated heterocycles. The second kappa shape index (κ2) is 20.9. The number of rotatable bonds is 22. The first-order valence-electron chi connectivity index (χ1n) is 12.4. The molecule has 2 nitrogen and oxygen atoms in total. The molecule has 0 atom stereocenters. The first-order valence-corrected chi connectivity index (χ1v) is 15.3. The first-order chi connectivity index (χ1) is 13.1. The van der Waals surface area contributed by atoms with E-state index in [0.717, 1.165) is 13.0 Å². The van der Waals surface area contributed by atoms with E-state index in [4.69, 9.17) is 4.43 Å². The zero-order chi connectivity index (χ0) is 20.1. The predicted octanol–water partition coefficient (Wildman–Crippen LogP) is 8.52. The molecule has 0 radical (unpaired) electrons. The Morgan fingerprint density at radius 3 is 1.00 bits per heavy atom. The summed E-state index contributed by atoms with van der Waals surface area (Å²) in [5, 5.41) is 0. The third-order valence-corrected chi connectivity index (χ3v) is 6.36. The largest absolute Gasteiger partial charge is 0.411 e. The quantitative estimate of drug-likeness (QED) is 0.146. The van der Waals surface area contributed by atoms with Gasteiger partial charge in [0.1, 0.15) is 0 Å². The zero-order valence-electron chi connectivity index (χ0n) is 19.2. The molecular formula is C24H52O2Si. The van der Waals surface area contributed by atoms with Crippen LogP contribution in [0.1, 0.15) is 135 Å². The molecule has 1 N–H and O–H groups in total. The van der Waals surface area contributed by atoms with Crippen LogP contribution >= 0.6 is 0 Å². The Balaban J connectivity index is 3.01. The van der Waals surface area contributed by atoms with Crippen LogP contribution in [0.4, 0.5) is 0 Å². The highest BCUT2D eigenvalue weighted by Gasteiger charge is 2.17. The summed E-state index contributed by atoms with van der Waals surface area (Å²) in [6, 6.07) is 0. The Bertz CT molecular complexity index is 276. The van der Waals surface area contributed by atoms with E-state index in [1.807, 2.05) is 13.1 Å². The maximum atomic E-state index is 9.59. The molecular weight excluding hydrogens is 348 g/mol. The average Bonchev–Trinajstić information content (AvgIpc) is 2.62. The lowest BCUT2D eigenvalue weighted by Crippen LogP contribution is -2.30. The topological polar surface area (TPSA) is 29.5 Å². The average molecular weight is 401 g/mol. The molecule has 0 aromatic rings. The van der Waals surface area contributed by atoms with Gasteiger partial charge in [-0.2, -0.15) is 0 Å². The van der Waals surface area contributed by atoms with Crippen molar-refractivity contribution in [2.75, 3.05) is 6.61 Å². The molecule has 0 fully saturated rings. The van der Waals surface area contributed by atoms with Gasteiger partial charge < -0.3 is 9.22 Å². The molecule has 0 saturated carbocycles. The lowest BCUT2D eigenvalue weighted by atomic mass is 10.0. The zero-order valence-corrected chi connectivity index (χ0v) is 20.2. The van der Waals surface area contributed by atoms with Crippen molar-refractivity contribution in [1.82, 2.24) is 0 Å². The van der Waals surface area contributed by atoms with Gasteiger partial charge in [0.05, 0.1) is 0 Å². The van der Waals surface area contributed by atoms with Crippen LogP contribution in [0.3, 0.4) is 0 Å². The van der Waals surface area contributed by atoms with Gasteiger partial charge in [-0.25, -0.2) is 0 Å². The van der Waals surface area contributed by atoms with Crippen LogP contribution in [0.5, 0.6) is 0 Å². The minimum atomic E-state index is -2.27. The Morgan fingerprint density at radius 1 is 0.481 bits per heavy atom. The molecule has 0 aliphatic rings. The molecule has 0 rings (SSSR count). The van der Waals surface area contributed by atoms with Gasteiger partial charge in [0.25, 0.3) is 0 Å². The molecule has 0 aromatic carbocycles. The number of hydrogen-bond donors (Lipinski definition) is 1. The molecule has 0 aromatic heterocycles. The summed E-state index contributed by atoms with van der Waals surface area (Å²) in [4.78, 5) is 9.59. The summed E-state index contributed by atoms with van der Waals surface area (Å²) in [5.41, 5.74) is 0. The van der Waals surface area contributed by atoms with Crippen molar-refractivity contribution in [1.29, 1.82) is 0 Å². The lowest BCUT2D eigenvalue weighted by Gasteiger charge is -2.14. The van der Waals surface area contributed by atoms with E-state index in [9.17, 15) is 4.80 Å².